The monoisotopic (exact) mass is 275 g/mol. The zero-order chi connectivity index (χ0) is 13.4. The van der Waals surface area contributed by atoms with Crippen LogP contribution in [0.5, 0.6) is 0 Å². The van der Waals surface area contributed by atoms with Crippen molar-refractivity contribution in [1.82, 2.24) is 14.0 Å². The highest BCUT2D eigenvalue weighted by atomic mass is 35.5. The van der Waals surface area contributed by atoms with Gasteiger partial charge in [-0.1, -0.05) is 24.9 Å². The van der Waals surface area contributed by atoms with Gasteiger partial charge in [-0.15, -0.1) is 0 Å². The van der Waals surface area contributed by atoms with Crippen LogP contribution < -0.4 is 5.56 Å². The Hall–Kier alpha value is -1.81. The van der Waals surface area contributed by atoms with E-state index in [-0.39, 0.29) is 5.56 Å². The van der Waals surface area contributed by atoms with Crippen LogP contribution in [0, 0.1) is 0 Å². The van der Waals surface area contributed by atoms with Gasteiger partial charge in [0.15, 0.2) is 0 Å². The number of hydrogen-bond acceptors (Lipinski definition) is 2. The fourth-order valence-corrected chi connectivity index (χ4v) is 2.50. The second-order valence-electron chi connectivity index (χ2n) is 4.57. The molecule has 0 unspecified atom stereocenters. The first-order valence-corrected chi connectivity index (χ1v) is 6.75. The number of hydrogen-bond donors (Lipinski definition) is 0. The summed E-state index contributed by atoms with van der Waals surface area (Å²) in [5.74, 6) is 0.688. The highest BCUT2D eigenvalue weighted by Gasteiger charge is 2.11. The van der Waals surface area contributed by atoms with Crippen molar-refractivity contribution in [2.24, 2.45) is 0 Å². The molecule has 2 heterocycles. The molecule has 2 aromatic heterocycles. The zero-order valence-electron chi connectivity index (χ0n) is 10.6. The van der Waals surface area contributed by atoms with Gasteiger partial charge in [-0.3, -0.25) is 13.8 Å². The van der Waals surface area contributed by atoms with Gasteiger partial charge < -0.3 is 0 Å². The van der Waals surface area contributed by atoms with Crippen LogP contribution in [-0.2, 0) is 6.54 Å². The van der Waals surface area contributed by atoms with Gasteiger partial charge in [-0.2, -0.15) is 0 Å². The molecule has 3 aromatic rings. The summed E-state index contributed by atoms with van der Waals surface area (Å²) in [5, 5.41) is 1.21. The number of fused-ring (bicyclic) bond motifs is 3. The Morgan fingerprint density at radius 1 is 1.37 bits per heavy atom. The minimum atomic E-state index is -0.0235. The molecule has 0 spiro atoms. The van der Waals surface area contributed by atoms with E-state index in [9.17, 15) is 4.79 Å². The molecule has 0 fully saturated rings. The SMILES string of the molecule is CCCCn1c(=O)c2cc(Cl)ccc2n2ccnc12. The van der Waals surface area contributed by atoms with E-state index in [0.717, 1.165) is 18.4 Å². The average molecular weight is 276 g/mol. The lowest BCUT2D eigenvalue weighted by molar-refractivity contribution is 0.622. The fraction of sp³-hybridized carbons (Fsp3) is 0.286. The Bertz CT molecular complexity index is 803. The molecule has 0 aliphatic rings. The molecule has 5 heteroatoms. The number of benzene rings is 1. The maximum atomic E-state index is 12.5. The van der Waals surface area contributed by atoms with Crippen molar-refractivity contribution in [3.8, 4) is 0 Å². The molecule has 0 radical (unpaired) electrons. The van der Waals surface area contributed by atoms with Crippen molar-refractivity contribution in [3.05, 3.63) is 46.0 Å². The Morgan fingerprint density at radius 2 is 2.21 bits per heavy atom. The highest BCUT2D eigenvalue weighted by molar-refractivity contribution is 6.31. The minimum Gasteiger partial charge on any atom is -0.285 e. The average Bonchev–Trinajstić information content (AvgIpc) is 2.88. The summed E-state index contributed by atoms with van der Waals surface area (Å²) in [5.41, 5.74) is 0.819. The predicted octanol–water partition coefficient (Wildman–Crippen LogP) is 3.10. The van der Waals surface area contributed by atoms with Crippen LogP contribution in [-0.4, -0.2) is 14.0 Å². The largest absolute Gasteiger partial charge is 0.285 e. The Kier molecular flexibility index (Phi) is 3.03. The quantitative estimate of drug-likeness (QED) is 0.737. The fourth-order valence-electron chi connectivity index (χ4n) is 2.33. The van der Waals surface area contributed by atoms with Gasteiger partial charge in [0.05, 0.1) is 10.9 Å². The van der Waals surface area contributed by atoms with Gasteiger partial charge in [0.25, 0.3) is 5.56 Å². The molecule has 0 N–H and O–H groups in total. The molecule has 19 heavy (non-hydrogen) atoms. The van der Waals surface area contributed by atoms with Crippen molar-refractivity contribution >= 4 is 28.3 Å². The number of nitrogens with zero attached hydrogens (tertiary/aromatic N) is 3. The summed E-state index contributed by atoms with van der Waals surface area (Å²) in [7, 11) is 0. The number of imidazole rings is 1. The molecule has 0 aliphatic carbocycles. The van der Waals surface area contributed by atoms with E-state index < -0.39 is 0 Å². The third-order valence-electron chi connectivity index (χ3n) is 3.29. The standard InChI is InChI=1S/C14H14ClN3O/c1-2-3-7-18-13(19)11-9-10(15)4-5-12(11)17-8-6-16-14(17)18/h4-6,8-9H,2-3,7H2,1H3. The van der Waals surface area contributed by atoms with Crippen LogP contribution in [0.2, 0.25) is 5.02 Å². The van der Waals surface area contributed by atoms with Crippen LogP contribution in [0.1, 0.15) is 19.8 Å². The Labute approximate surface area is 115 Å². The van der Waals surface area contributed by atoms with E-state index in [2.05, 4.69) is 11.9 Å². The topological polar surface area (TPSA) is 39.3 Å². The molecule has 0 saturated carbocycles. The predicted molar refractivity (Wildman–Crippen MR) is 76.9 cm³/mol. The van der Waals surface area contributed by atoms with Crippen LogP contribution in [0.4, 0.5) is 0 Å². The molecule has 0 bridgehead atoms. The lowest BCUT2D eigenvalue weighted by Gasteiger charge is -2.10. The van der Waals surface area contributed by atoms with Crippen LogP contribution in [0.3, 0.4) is 0 Å². The molecule has 4 nitrogen and oxygen atoms in total. The van der Waals surface area contributed by atoms with Gasteiger partial charge >= 0.3 is 0 Å². The Balaban J connectivity index is 2.41. The van der Waals surface area contributed by atoms with E-state index in [1.54, 1.807) is 22.9 Å². The van der Waals surface area contributed by atoms with E-state index in [4.69, 9.17) is 11.6 Å². The van der Waals surface area contributed by atoms with E-state index in [1.165, 1.54) is 0 Å². The number of rotatable bonds is 3. The second kappa shape index (κ2) is 4.70. The maximum absolute atomic E-state index is 12.5. The van der Waals surface area contributed by atoms with Crippen molar-refractivity contribution in [2.75, 3.05) is 0 Å². The van der Waals surface area contributed by atoms with E-state index in [1.807, 2.05) is 16.7 Å². The first kappa shape index (κ1) is 12.2. The summed E-state index contributed by atoms with van der Waals surface area (Å²) < 4.78 is 3.66. The third-order valence-corrected chi connectivity index (χ3v) is 3.53. The lowest BCUT2D eigenvalue weighted by Crippen LogP contribution is -2.23. The van der Waals surface area contributed by atoms with E-state index >= 15 is 0 Å². The minimum absolute atomic E-state index is 0.0235. The number of aromatic nitrogens is 3. The molecule has 1 aromatic carbocycles. The highest BCUT2D eigenvalue weighted by Crippen LogP contribution is 2.18. The van der Waals surface area contributed by atoms with Crippen LogP contribution >= 0.6 is 11.6 Å². The summed E-state index contributed by atoms with van der Waals surface area (Å²) in [6, 6.07) is 5.37. The number of aryl methyl sites for hydroxylation is 1. The maximum Gasteiger partial charge on any atom is 0.262 e. The first-order chi connectivity index (χ1) is 9.22. The molecule has 0 atom stereocenters. The molecule has 0 amide bonds. The Morgan fingerprint density at radius 3 is 3.00 bits per heavy atom. The number of halogens is 1. The van der Waals surface area contributed by atoms with Gasteiger partial charge in [0, 0.05) is 24.0 Å². The third kappa shape index (κ3) is 1.92. The molecule has 0 saturated heterocycles. The van der Waals surface area contributed by atoms with Crippen molar-refractivity contribution in [3.63, 3.8) is 0 Å². The lowest BCUT2D eigenvalue weighted by atomic mass is 10.2. The summed E-state index contributed by atoms with van der Waals surface area (Å²) in [6.45, 7) is 2.78. The van der Waals surface area contributed by atoms with Crippen molar-refractivity contribution in [1.29, 1.82) is 0 Å². The van der Waals surface area contributed by atoms with Gasteiger partial charge in [-0.25, -0.2) is 4.98 Å². The molecular weight excluding hydrogens is 262 g/mol. The summed E-state index contributed by atoms with van der Waals surface area (Å²) >= 11 is 6.00. The van der Waals surface area contributed by atoms with E-state index in [0.29, 0.717) is 22.7 Å². The second-order valence-corrected chi connectivity index (χ2v) is 5.01. The van der Waals surface area contributed by atoms with Gasteiger partial charge in [0.1, 0.15) is 0 Å². The normalized spacial score (nSPS) is 11.5. The number of unbranched alkanes of at least 4 members (excludes halogenated alkanes) is 1. The summed E-state index contributed by atoms with van der Waals surface area (Å²) in [4.78, 5) is 16.8. The van der Waals surface area contributed by atoms with Crippen molar-refractivity contribution in [2.45, 2.75) is 26.3 Å². The molecule has 3 rings (SSSR count). The zero-order valence-corrected chi connectivity index (χ0v) is 11.4. The smallest absolute Gasteiger partial charge is 0.262 e. The first-order valence-electron chi connectivity index (χ1n) is 6.37. The van der Waals surface area contributed by atoms with Gasteiger partial charge in [-0.05, 0) is 24.6 Å². The van der Waals surface area contributed by atoms with Crippen LogP contribution in [0.25, 0.3) is 16.7 Å². The molecule has 0 aliphatic heterocycles. The van der Waals surface area contributed by atoms with Crippen LogP contribution in [0.15, 0.2) is 35.4 Å². The van der Waals surface area contributed by atoms with Crippen molar-refractivity contribution < 1.29 is 0 Å². The van der Waals surface area contributed by atoms with Gasteiger partial charge in [0.2, 0.25) is 5.78 Å². The summed E-state index contributed by atoms with van der Waals surface area (Å²) in [6.07, 6.45) is 5.57. The molecule has 98 valence electrons. The molecular formula is C14H14ClN3O.